The molecule has 1 aromatic rings. The van der Waals surface area contributed by atoms with E-state index in [1.54, 1.807) is 0 Å². The fraction of sp³-hybridized carbons (Fsp3) is 0.688. The van der Waals surface area contributed by atoms with E-state index >= 15 is 0 Å². The highest BCUT2D eigenvalue weighted by molar-refractivity contribution is 5.83. The zero-order valence-electron chi connectivity index (χ0n) is 12.5. The molecule has 5 nitrogen and oxygen atoms in total. The van der Waals surface area contributed by atoms with E-state index in [4.69, 9.17) is 0 Å². The number of rotatable bonds is 4. The van der Waals surface area contributed by atoms with Crippen molar-refractivity contribution in [1.82, 2.24) is 15.3 Å². The average Bonchev–Trinajstić information content (AvgIpc) is 3.36. The van der Waals surface area contributed by atoms with Crippen LogP contribution in [0, 0.1) is 24.2 Å². The molecule has 112 valence electrons. The van der Waals surface area contributed by atoms with Gasteiger partial charge in [0, 0.05) is 43.4 Å². The summed E-state index contributed by atoms with van der Waals surface area (Å²) in [6, 6.07) is 0. The van der Waals surface area contributed by atoms with Gasteiger partial charge in [-0.05, 0) is 44.1 Å². The lowest BCUT2D eigenvalue weighted by Crippen LogP contribution is -2.30. The molecule has 2 unspecified atom stereocenters. The number of aromatic nitrogens is 2. The number of hydrogen-bond donors (Lipinski definition) is 1. The molecule has 1 aliphatic heterocycles. The molecule has 21 heavy (non-hydrogen) atoms. The van der Waals surface area contributed by atoms with E-state index in [-0.39, 0.29) is 17.2 Å². The van der Waals surface area contributed by atoms with Gasteiger partial charge in [-0.15, -0.1) is 0 Å². The molecular formula is C16H22N4O. The van der Waals surface area contributed by atoms with Crippen molar-refractivity contribution in [3.05, 3.63) is 18.0 Å². The Bertz CT molecular complexity index is 554. The summed E-state index contributed by atoms with van der Waals surface area (Å²) in [7, 11) is 0. The number of amides is 1. The Morgan fingerprint density at radius 3 is 2.90 bits per heavy atom. The molecule has 4 rings (SSSR count). The summed E-state index contributed by atoms with van der Waals surface area (Å²) in [6.07, 6.45) is 8.42. The Morgan fingerprint density at radius 1 is 1.43 bits per heavy atom. The van der Waals surface area contributed by atoms with Crippen LogP contribution in [0.3, 0.4) is 0 Å². The first-order chi connectivity index (χ1) is 10.2. The van der Waals surface area contributed by atoms with E-state index in [2.05, 4.69) is 20.2 Å². The van der Waals surface area contributed by atoms with Gasteiger partial charge in [-0.3, -0.25) is 4.79 Å². The van der Waals surface area contributed by atoms with Crippen molar-refractivity contribution < 1.29 is 4.79 Å². The van der Waals surface area contributed by atoms with Crippen LogP contribution >= 0.6 is 0 Å². The molecule has 0 aromatic carbocycles. The van der Waals surface area contributed by atoms with Gasteiger partial charge in [0.2, 0.25) is 11.9 Å². The molecule has 2 aliphatic carbocycles. The SMILES string of the molecule is Cc1cnc(N2CCC3(CC3C(=O)NCC3CC3)C2)nc1. The molecule has 1 N–H and O–H groups in total. The second-order valence-electron chi connectivity index (χ2n) is 7.04. The fourth-order valence-electron chi connectivity index (χ4n) is 3.48. The standard InChI is InChI=1S/C16H22N4O/c1-11-7-18-15(19-8-11)20-5-4-16(10-20)6-13(16)14(21)17-9-12-2-3-12/h7-8,12-13H,2-6,9-10H2,1H3,(H,17,21). The minimum absolute atomic E-state index is 0.196. The summed E-state index contributed by atoms with van der Waals surface area (Å²) in [5.74, 6) is 2.05. The van der Waals surface area contributed by atoms with Crippen LogP contribution in [0.5, 0.6) is 0 Å². The predicted octanol–water partition coefficient (Wildman–Crippen LogP) is 1.53. The lowest BCUT2D eigenvalue weighted by Gasteiger charge is -2.16. The van der Waals surface area contributed by atoms with Crippen LogP contribution in [-0.2, 0) is 4.79 Å². The zero-order valence-corrected chi connectivity index (χ0v) is 12.5. The topological polar surface area (TPSA) is 58.1 Å². The van der Waals surface area contributed by atoms with E-state index in [0.29, 0.717) is 0 Å². The predicted molar refractivity (Wildman–Crippen MR) is 79.9 cm³/mol. The number of carbonyl (C=O) groups is 1. The Hall–Kier alpha value is -1.65. The third kappa shape index (κ3) is 2.49. The van der Waals surface area contributed by atoms with Crippen LogP contribution in [0.25, 0.3) is 0 Å². The molecule has 0 bridgehead atoms. The number of hydrogen-bond acceptors (Lipinski definition) is 4. The Labute approximate surface area is 125 Å². The Kier molecular flexibility index (Phi) is 2.91. The maximum atomic E-state index is 12.2. The van der Waals surface area contributed by atoms with Crippen LogP contribution in [0.15, 0.2) is 12.4 Å². The molecule has 0 radical (unpaired) electrons. The smallest absolute Gasteiger partial charge is 0.225 e. The molecule has 1 amide bonds. The fourth-order valence-corrected chi connectivity index (χ4v) is 3.48. The van der Waals surface area contributed by atoms with E-state index in [1.165, 1.54) is 12.8 Å². The third-order valence-electron chi connectivity index (χ3n) is 5.20. The normalized spacial score (nSPS) is 30.7. The summed E-state index contributed by atoms with van der Waals surface area (Å²) < 4.78 is 0. The van der Waals surface area contributed by atoms with Gasteiger partial charge >= 0.3 is 0 Å². The van der Waals surface area contributed by atoms with E-state index in [0.717, 1.165) is 49.9 Å². The quantitative estimate of drug-likeness (QED) is 0.912. The molecule has 1 saturated heterocycles. The molecule has 1 spiro atoms. The first kappa shape index (κ1) is 13.0. The minimum atomic E-state index is 0.196. The van der Waals surface area contributed by atoms with Crippen LogP contribution in [-0.4, -0.2) is 35.5 Å². The van der Waals surface area contributed by atoms with E-state index < -0.39 is 0 Å². The van der Waals surface area contributed by atoms with Crippen molar-refractivity contribution in [2.45, 2.75) is 32.6 Å². The van der Waals surface area contributed by atoms with Gasteiger partial charge in [-0.25, -0.2) is 9.97 Å². The van der Waals surface area contributed by atoms with Crippen molar-refractivity contribution in [2.75, 3.05) is 24.5 Å². The highest BCUT2D eigenvalue weighted by atomic mass is 16.2. The molecule has 2 atom stereocenters. The molecule has 1 aromatic heterocycles. The summed E-state index contributed by atoms with van der Waals surface area (Å²) in [4.78, 5) is 23.3. The van der Waals surface area contributed by atoms with Gasteiger partial charge in [0.25, 0.3) is 0 Å². The van der Waals surface area contributed by atoms with Crippen molar-refractivity contribution in [1.29, 1.82) is 0 Å². The zero-order chi connectivity index (χ0) is 14.4. The van der Waals surface area contributed by atoms with E-state index in [9.17, 15) is 4.79 Å². The van der Waals surface area contributed by atoms with Gasteiger partial charge < -0.3 is 10.2 Å². The van der Waals surface area contributed by atoms with Gasteiger partial charge in [0.05, 0.1) is 0 Å². The molecule has 2 saturated carbocycles. The number of nitrogens with one attached hydrogen (secondary N) is 1. The van der Waals surface area contributed by atoms with Gasteiger partial charge in [0.15, 0.2) is 0 Å². The number of aryl methyl sites for hydroxylation is 1. The summed E-state index contributed by atoms with van der Waals surface area (Å²) >= 11 is 0. The van der Waals surface area contributed by atoms with Crippen molar-refractivity contribution in [3.8, 4) is 0 Å². The summed E-state index contributed by atoms with van der Waals surface area (Å²) in [5.41, 5.74) is 1.28. The lowest BCUT2D eigenvalue weighted by atomic mass is 10.0. The van der Waals surface area contributed by atoms with Crippen LogP contribution in [0.2, 0.25) is 0 Å². The first-order valence-electron chi connectivity index (χ1n) is 7.98. The van der Waals surface area contributed by atoms with Crippen LogP contribution < -0.4 is 10.2 Å². The van der Waals surface area contributed by atoms with Crippen molar-refractivity contribution in [2.24, 2.45) is 17.3 Å². The highest BCUT2D eigenvalue weighted by Gasteiger charge is 2.61. The van der Waals surface area contributed by atoms with Crippen molar-refractivity contribution in [3.63, 3.8) is 0 Å². The second kappa shape index (κ2) is 4.68. The Balaban J connectivity index is 1.35. The Morgan fingerprint density at radius 2 is 2.19 bits per heavy atom. The van der Waals surface area contributed by atoms with Crippen LogP contribution in [0.4, 0.5) is 5.95 Å². The molecule has 3 aliphatic rings. The van der Waals surface area contributed by atoms with Gasteiger partial charge in [0.1, 0.15) is 0 Å². The van der Waals surface area contributed by atoms with Gasteiger partial charge in [-0.2, -0.15) is 0 Å². The minimum Gasteiger partial charge on any atom is -0.356 e. The molecule has 5 heteroatoms. The van der Waals surface area contributed by atoms with Crippen LogP contribution in [0.1, 0.15) is 31.2 Å². The third-order valence-corrected chi connectivity index (χ3v) is 5.20. The summed E-state index contributed by atoms with van der Waals surface area (Å²) in [6.45, 7) is 4.78. The number of anilines is 1. The molecule has 3 fully saturated rings. The van der Waals surface area contributed by atoms with Crippen molar-refractivity contribution >= 4 is 11.9 Å². The largest absolute Gasteiger partial charge is 0.356 e. The lowest BCUT2D eigenvalue weighted by molar-refractivity contribution is -0.123. The average molecular weight is 286 g/mol. The monoisotopic (exact) mass is 286 g/mol. The molecule has 2 heterocycles. The molecular weight excluding hydrogens is 264 g/mol. The van der Waals surface area contributed by atoms with Gasteiger partial charge in [-0.1, -0.05) is 0 Å². The second-order valence-corrected chi connectivity index (χ2v) is 7.04. The highest BCUT2D eigenvalue weighted by Crippen LogP contribution is 2.58. The van der Waals surface area contributed by atoms with E-state index in [1.807, 2.05) is 19.3 Å². The maximum Gasteiger partial charge on any atom is 0.225 e. The summed E-state index contributed by atoms with van der Waals surface area (Å²) in [5, 5.41) is 3.13. The number of carbonyl (C=O) groups excluding carboxylic acids is 1. The maximum absolute atomic E-state index is 12.2. The first-order valence-corrected chi connectivity index (χ1v) is 7.98. The number of nitrogens with zero attached hydrogens (tertiary/aromatic N) is 3.